The minimum absolute atomic E-state index is 0.00292. The summed E-state index contributed by atoms with van der Waals surface area (Å²) in [5, 5.41) is 7.51. The summed E-state index contributed by atoms with van der Waals surface area (Å²) < 4.78 is 6.19. The molecular weight excluding hydrogens is 358 g/mol. The number of rotatable bonds is 6. The highest BCUT2D eigenvalue weighted by Crippen LogP contribution is 2.14. The van der Waals surface area contributed by atoms with Gasteiger partial charge in [-0.15, -0.1) is 0 Å². The van der Waals surface area contributed by atoms with E-state index >= 15 is 0 Å². The zero-order valence-corrected chi connectivity index (χ0v) is 15.7. The third kappa shape index (κ3) is 4.25. The molecule has 2 aromatic carbocycles. The van der Waals surface area contributed by atoms with E-state index in [0.29, 0.717) is 17.3 Å². The van der Waals surface area contributed by atoms with Gasteiger partial charge in [-0.3, -0.25) is 9.59 Å². The van der Waals surface area contributed by atoms with Crippen LogP contribution < -0.4 is 10.9 Å². The van der Waals surface area contributed by atoms with Crippen LogP contribution in [0.5, 0.6) is 0 Å². The first-order valence-corrected chi connectivity index (χ1v) is 8.92. The molecule has 7 nitrogen and oxygen atoms in total. The van der Waals surface area contributed by atoms with Gasteiger partial charge < -0.3 is 10.1 Å². The molecule has 1 atom stereocenters. The molecule has 0 saturated heterocycles. The third-order valence-corrected chi connectivity index (χ3v) is 4.46. The summed E-state index contributed by atoms with van der Waals surface area (Å²) in [4.78, 5) is 36.6. The average molecular weight is 379 g/mol. The molecule has 0 aliphatic carbocycles. The molecule has 0 aliphatic rings. The molecule has 1 heterocycles. The van der Waals surface area contributed by atoms with Gasteiger partial charge in [0.2, 0.25) is 0 Å². The van der Waals surface area contributed by atoms with E-state index in [1.54, 1.807) is 24.3 Å². The highest BCUT2D eigenvalue weighted by molar-refractivity contribution is 6.02. The molecule has 1 N–H and O–H groups in total. The molecule has 1 aromatic heterocycles. The SMILES string of the molecule is C[C@@H](CNC(=O)COC(=O)c1nn(C)c(=O)c2ccccc12)c1ccccc1. The molecule has 0 radical (unpaired) electrons. The van der Waals surface area contributed by atoms with Crippen LogP contribution in [-0.2, 0) is 16.6 Å². The molecule has 0 spiro atoms. The van der Waals surface area contributed by atoms with Crippen molar-refractivity contribution in [1.29, 1.82) is 0 Å². The number of aromatic nitrogens is 2. The zero-order chi connectivity index (χ0) is 20.1. The van der Waals surface area contributed by atoms with Crippen molar-refractivity contribution in [3.63, 3.8) is 0 Å². The lowest BCUT2D eigenvalue weighted by molar-refractivity contribution is -0.124. The number of amides is 1. The fraction of sp³-hybridized carbons (Fsp3) is 0.238. The Bertz CT molecular complexity index is 1060. The fourth-order valence-electron chi connectivity index (χ4n) is 2.87. The number of nitrogens with one attached hydrogen (secondary N) is 1. The first-order valence-electron chi connectivity index (χ1n) is 8.92. The summed E-state index contributed by atoms with van der Waals surface area (Å²) in [6, 6.07) is 16.5. The molecule has 0 aliphatic heterocycles. The normalized spacial score (nSPS) is 11.8. The van der Waals surface area contributed by atoms with Gasteiger partial charge in [0.1, 0.15) is 0 Å². The lowest BCUT2D eigenvalue weighted by atomic mass is 10.0. The maximum atomic E-state index is 12.4. The molecule has 0 bridgehead atoms. The molecule has 1 amide bonds. The topological polar surface area (TPSA) is 90.3 Å². The highest BCUT2D eigenvalue weighted by atomic mass is 16.5. The molecule has 3 aromatic rings. The minimum atomic E-state index is -0.752. The Morgan fingerprint density at radius 1 is 1.07 bits per heavy atom. The first kappa shape index (κ1) is 19.3. The molecule has 3 rings (SSSR count). The number of carbonyl (C=O) groups excluding carboxylic acids is 2. The van der Waals surface area contributed by atoms with Crippen molar-refractivity contribution in [3.05, 3.63) is 76.2 Å². The lowest BCUT2D eigenvalue weighted by Crippen LogP contribution is -2.32. The van der Waals surface area contributed by atoms with Crippen LogP contribution in [0.4, 0.5) is 0 Å². The summed E-state index contributed by atoms with van der Waals surface area (Å²) in [6.45, 7) is 2.02. The van der Waals surface area contributed by atoms with Crippen molar-refractivity contribution >= 4 is 22.6 Å². The standard InChI is InChI=1S/C21H21N3O4/c1-14(15-8-4-3-5-9-15)12-22-18(25)13-28-21(27)19-16-10-6-7-11-17(16)20(26)24(2)23-19/h3-11,14H,12-13H2,1-2H3,(H,22,25)/t14-/m0/s1. The Labute approximate surface area is 161 Å². The summed E-state index contributed by atoms with van der Waals surface area (Å²) in [7, 11) is 1.46. The average Bonchev–Trinajstić information content (AvgIpc) is 2.73. The van der Waals surface area contributed by atoms with Gasteiger partial charge in [-0.25, -0.2) is 9.48 Å². The largest absolute Gasteiger partial charge is 0.451 e. The molecule has 28 heavy (non-hydrogen) atoms. The third-order valence-electron chi connectivity index (χ3n) is 4.46. The minimum Gasteiger partial charge on any atom is -0.451 e. The van der Waals surface area contributed by atoms with Crippen molar-refractivity contribution in [3.8, 4) is 0 Å². The fourth-order valence-corrected chi connectivity index (χ4v) is 2.87. The van der Waals surface area contributed by atoms with Gasteiger partial charge in [-0.1, -0.05) is 55.5 Å². The van der Waals surface area contributed by atoms with Crippen molar-refractivity contribution in [2.75, 3.05) is 13.2 Å². The Balaban J connectivity index is 1.61. The number of esters is 1. The van der Waals surface area contributed by atoms with Crippen LogP contribution in [0.15, 0.2) is 59.4 Å². The van der Waals surface area contributed by atoms with Crippen LogP contribution >= 0.6 is 0 Å². The predicted molar refractivity (Wildman–Crippen MR) is 105 cm³/mol. The number of aryl methyl sites for hydroxylation is 1. The Hall–Kier alpha value is -3.48. The predicted octanol–water partition coefficient (Wildman–Crippen LogP) is 2.01. The molecule has 0 saturated carbocycles. The van der Waals surface area contributed by atoms with E-state index in [2.05, 4.69) is 10.4 Å². The van der Waals surface area contributed by atoms with E-state index in [9.17, 15) is 14.4 Å². The second kappa shape index (κ2) is 8.47. The lowest BCUT2D eigenvalue weighted by Gasteiger charge is -2.13. The number of hydrogen-bond acceptors (Lipinski definition) is 5. The summed E-state index contributed by atoms with van der Waals surface area (Å²) in [5.41, 5.74) is 0.809. The van der Waals surface area contributed by atoms with Gasteiger partial charge in [0, 0.05) is 19.0 Å². The molecule has 0 fully saturated rings. The van der Waals surface area contributed by atoms with Gasteiger partial charge in [0.15, 0.2) is 12.3 Å². The van der Waals surface area contributed by atoms with Crippen LogP contribution in [0.1, 0.15) is 28.9 Å². The van der Waals surface area contributed by atoms with E-state index in [1.807, 2.05) is 37.3 Å². The maximum Gasteiger partial charge on any atom is 0.359 e. The number of hydrogen-bond donors (Lipinski definition) is 1. The number of ether oxygens (including phenoxy) is 1. The van der Waals surface area contributed by atoms with Gasteiger partial charge in [-0.2, -0.15) is 5.10 Å². The summed E-state index contributed by atoms with van der Waals surface area (Å²) in [5.74, 6) is -1.02. The Morgan fingerprint density at radius 3 is 2.43 bits per heavy atom. The van der Waals surface area contributed by atoms with Crippen LogP contribution in [0, 0.1) is 0 Å². The zero-order valence-electron chi connectivity index (χ0n) is 15.7. The van der Waals surface area contributed by atoms with Crippen molar-refractivity contribution in [2.24, 2.45) is 7.05 Å². The second-order valence-corrected chi connectivity index (χ2v) is 6.51. The quantitative estimate of drug-likeness (QED) is 0.662. The Morgan fingerprint density at radius 2 is 1.71 bits per heavy atom. The number of carbonyl (C=O) groups is 2. The highest BCUT2D eigenvalue weighted by Gasteiger charge is 2.18. The van der Waals surface area contributed by atoms with Crippen molar-refractivity contribution < 1.29 is 14.3 Å². The summed E-state index contributed by atoms with van der Waals surface area (Å²) in [6.07, 6.45) is 0. The number of nitrogens with zero attached hydrogens (tertiary/aromatic N) is 2. The second-order valence-electron chi connectivity index (χ2n) is 6.51. The van der Waals surface area contributed by atoms with Gasteiger partial charge in [0.05, 0.1) is 5.39 Å². The van der Waals surface area contributed by atoms with E-state index in [1.165, 1.54) is 7.05 Å². The number of fused-ring (bicyclic) bond motifs is 1. The monoisotopic (exact) mass is 379 g/mol. The van der Waals surface area contributed by atoms with Crippen molar-refractivity contribution in [1.82, 2.24) is 15.1 Å². The van der Waals surface area contributed by atoms with Crippen LogP contribution in [-0.4, -0.2) is 34.8 Å². The summed E-state index contributed by atoms with van der Waals surface area (Å²) >= 11 is 0. The van der Waals surface area contributed by atoms with Gasteiger partial charge in [-0.05, 0) is 17.5 Å². The van der Waals surface area contributed by atoms with Crippen molar-refractivity contribution in [2.45, 2.75) is 12.8 Å². The van der Waals surface area contributed by atoms with E-state index in [4.69, 9.17) is 4.74 Å². The van der Waals surface area contributed by atoms with Crippen LogP contribution in [0.2, 0.25) is 0 Å². The molecule has 0 unspecified atom stereocenters. The number of benzene rings is 2. The van der Waals surface area contributed by atoms with Crippen LogP contribution in [0.3, 0.4) is 0 Å². The molecule has 7 heteroatoms. The van der Waals surface area contributed by atoms with E-state index in [-0.39, 0.29) is 17.2 Å². The Kier molecular flexibility index (Phi) is 5.84. The van der Waals surface area contributed by atoms with Crippen LogP contribution in [0.25, 0.3) is 10.8 Å². The van der Waals surface area contributed by atoms with Gasteiger partial charge in [0.25, 0.3) is 11.5 Å². The van der Waals surface area contributed by atoms with E-state index < -0.39 is 18.5 Å². The van der Waals surface area contributed by atoms with E-state index in [0.717, 1.165) is 10.2 Å². The maximum absolute atomic E-state index is 12.4. The van der Waals surface area contributed by atoms with Gasteiger partial charge >= 0.3 is 5.97 Å². The first-order chi connectivity index (χ1) is 13.5. The molecule has 144 valence electrons. The molecular formula is C21H21N3O4. The smallest absolute Gasteiger partial charge is 0.359 e.